The van der Waals surface area contributed by atoms with Crippen molar-refractivity contribution in [3.8, 4) is 0 Å². The van der Waals surface area contributed by atoms with Gasteiger partial charge in [0.25, 0.3) is 0 Å². The summed E-state index contributed by atoms with van der Waals surface area (Å²) in [5.41, 5.74) is 3.63. The van der Waals surface area contributed by atoms with Crippen molar-refractivity contribution >= 4 is 0 Å². The number of ether oxygens (including phenoxy) is 2. The zero-order chi connectivity index (χ0) is 13.3. The van der Waals surface area contributed by atoms with Crippen LogP contribution < -0.4 is 0 Å². The first-order chi connectivity index (χ1) is 9.20. The van der Waals surface area contributed by atoms with E-state index in [0.717, 1.165) is 30.9 Å². The Morgan fingerprint density at radius 2 is 2.26 bits per heavy atom. The molecule has 1 aromatic heterocycles. The minimum Gasteiger partial charge on any atom is -0.375 e. The molecule has 1 aromatic rings. The van der Waals surface area contributed by atoms with E-state index >= 15 is 0 Å². The highest BCUT2D eigenvalue weighted by molar-refractivity contribution is 5.55. The number of rotatable bonds is 7. The highest BCUT2D eigenvalue weighted by Gasteiger charge is 2.51. The lowest BCUT2D eigenvalue weighted by Crippen LogP contribution is -2.12. The van der Waals surface area contributed by atoms with Crippen LogP contribution in [0.4, 0.5) is 0 Å². The Balaban J connectivity index is 1.29. The van der Waals surface area contributed by atoms with E-state index in [1.165, 1.54) is 11.1 Å². The van der Waals surface area contributed by atoms with Gasteiger partial charge in [-0.25, -0.2) is 0 Å². The Kier molecular flexibility index (Phi) is 3.29. The molecule has 19 heavy (non-hydrogen) atoms. The molecule has 3 rings (SSSR count). The van der Waals surface area contributed by atoms with E-state index in [4.69, 9.17) is 14.0 Å². The fraction of sp³-hybridized carbons (Fsp3) is 0.533. The molecule has 1 heterocycles. The van der Waals surface area contributed by atoms with Crippen LogP contribution in [0.15, 0.2) is 33.9 Å². The van der Waals surface area contributed by atoms with Crippen LogP contribution in [0.1, 0.15) is 31.2 Å². The lowest BCUT2D eigenvalue weighted by atomic mass is 10.3. The molecule has 0 amide bonds. The second kappa shape index (κ2) is 4.94. The third kappa shape index (κ3) is 2.65. The molecule has 1 fully saturated rings. The maximum absolute atomic E-state index is 5.93. The fourth-order valence-electron chi connectivity index (χ4n) is 2.48. The Bertz CT molecular complexity index is 529. The molecule has 4 heteroatoms. The molecule has 0 aromatic carbocycles. The van der Waals surface area contributed by atoms with Crippen LogP contribution in [0.5, 0.6) is 0 Å². The minimum atomic E-state index is -0.0344. The monoisotopic (exact) mass is 261 g/mol. The lowest BCUT2D eigenvalue weighted by Gasteiger charge is -2.10. The van der Waals surface area contributed by atoms with Crippen LogP contribution in [-0.4, -0.2) is 24.0 Å². The Morgan fingerprint density at radius 1 is 1.37 bits per heavy atom. The SMILES string of the molecule is CC1=C2CC2(OCCCOCc2cc(C)on2)C=C1. The van der Waals surface area contributed by atoms with Crippen LogP contribution in [0.25, 0.3) is 0 Å². The van der Waals surface area contributed by atoms with Crippen molar-refractivity contribution in [3.05, 3.63) is 40.8 Å². The summed E-state index contributed by atoms with van der Waals surface area (Å²) in [5, 5.41) is 3.88. The zero-order valence-corrected chi connectivity index (χ0v) is 11.4. The predicted octanol–water partition coefficient (Wildman–Crippen LogP) is 2.94. The largest absolute Gasteiger partial charge is 0.375 e. The summed E-state index contributed by atoms with van der Waals surface area (Å²) < 4.78 is 16.4. The van der Waals surface area contributed by atoms with Crippen LogP contribution in [0.3, 0.4) is 0 Å². The molecular weight excluding hydrogens is 242 g/mol. The van der Waals surface area contributed by atoms with Gasteiger partial charge >= 0.3 is 0 Å². The summed E-state index contributed by atoms with van der Waals surface area (Å²) in [6, 6.07) is 1.89. The molecular formula is C15H19NO3. The lowest BCUT2D eigenvalue weighted by molar-refractivity contribution is 0.0452. The van der Waals surface area contributed by atoms with Gasteiger partial charge in [0.1, 0.15) is 17.1 Å². The number of allylic oxidation sites excluding steroid dienone is 2. The van der Waals surface area contributed by atoms with Gasteiger partial charge in [0, 0.05) is 19.1 Å². The summed E-state index contributed by atoms with van der Waals surface area (Å²) >= 11 is 0. The van der Waals surface area contributed by atoms with Crippen molar-refractivity contribution < 1.29 is 14.0 Å². The molecule has 0 radical (unpaired) electrons. The molecule has 0 bridgehead atoms. The molecule has 1 unspecified atom stereocenters. The second-order valence-corrected chi connectivity index (χ2v) is 5.24. The van der Waals surface area contributed by atoms with E-state index < -0.39 is 0 Å². The fourth-order valence-corrected chi connectivity index (χ4v) is 2.48. The van der Waals surface area contributed by atoms with Gasteiger partial charge in [-0.05, 0) is 37.5 Å². The summed E-state index contributed by atoms with van der Waals surface area (Å²) in [6.45, 7) is 5.95. The highest BCUT2D eigenvalue weighted by Crippen LogP contribution is 2.53. The van der Waals surface area contributed by atoms with E-state index in [9.17, 15) is 0 Å². The number of fused-ring (bicyclic) bond motifs is 1. The summed E-state index contributed by atoms with van der Waals surface area (Å²) in [6.07, 6.45) is 6.31. The van der Waals surface area contributed by atoms with Crippen LogP contribution in [0.2, 0.25) is 0 Å². The molecule has 1 atom stereocenters. The van der Waals surface area contributed by atoms with E-state index in [1.807, 2.05) is 13.0 Å². The topological polar surface area (TPSA) is 44.5 Å². The number of aromatic nitrogens is 1. The van der Waals surface area contributed by atoms with Gasteiger partial charge in [-0.15, -0.1) is 0 Å². The standard InChI is InChI=1S/C15H19NO3/c1-11-4-5-15(9-14(11)15)18-7-3-6-17-10-13-8-12(2)19-16-13/h4-5,8H,3,6-7,9-10H2,1-2H3. The molecule has 4 nitrogen and oxygen atoms in total. The van der Waals surface area contributed by atoms with Gasteiger partial charge in [0.15, 0.2) is 0 Å². The Hall–Kier alpha value is -1.39. The quantitative estimate of drug-likeness (QED) is 0.708. The van der Waals surface area contributed by atoms with Crippen molar-refractivity contribution in [1.29, 1.82) is 0 Å². The zero-order valence-electron chi connectivity index (χ0n) is 11.4. The molecule has 0 aliphatic heterocycles. The summed E-state index contributed by atoms with van der Waals surface area (Å²) in [7, 11) is 0. The first-order valence-electron chi connectivity index (χ1n) is 6.73. The van der Waals surface area contributed by atoms with E-state index in [2.05, 4.69) is 24.2 Å². The third-order valence-corrected chi connectivity index (χ3v) is 3.62. The minimum absolute atomic E-state index is 0.0344. The van der Waals surface area contributed by atoms with Crippen molar-refractivity contribution in [3.63, 3.8) is 0 Å². The maximum Gasteiger partial charge on any atom is 0.134 e. The van der Waals surface area contributed by atoms with Crippen molar-refractivity contribution in [2.45, 2.75) is 38.9 Å². The summed E-state index contributed by atoms with van der Waals surface area (Å²) in [5.74, 6) is 0.817. The molecule has 0 N–H and O–H groups in total. The Labute approximate surface area is 113 Å². The smallest absolute Gasteiger partial charge is 0.134 e. The van der Waals surface area contributed by atoms with Gasteiger partial charge in [-0.1, -0.05) is 11.2 Å². The molecule has 102 valence electrons. The van der Waals surface area contributed by atoms with Crippen molar-refractivity contribution in [2.24, 2.45) is 0 Å². The van der Waals surface area contributed by atoms with E-state index in [1.54, 1.807) is 0 Å². The Morgan fingerprint density at radius 3 is 2.89 bits per heavy atom. The van der Waals surface area contributed by atoms with Gasteiger partial charge in [0.05, 0.1) is 13.2 Å². The highest BCUT2D eigenvalue weighted by atomic mass is 16.5. The number of nitrogens with zero attached hydrogens (tertiary/aromatic N) is 1. The molecule has 2 aliphatic carbocycles. The predicted molar refractivity (Wildman–Crippen MR) is 70.7 cm³/mol. The average Bonchev–Trinajstić information content (AvgIpc) is 2.83. The van der Waals surface area contributed by atoms with Crippen LogP contribution in [-0.2, 0) is 16.1 Å². The van der Waals surface area contributed by atoms with Gasteiger partial charge in [-0.3, -0.25) is 0 Å². The first-order valence-corrected chi connectivity index (χ1v) is 6.73. The van der Waals surface area contributed by atoms with Gasteiger partial charge < -0.3 is 14.0 Å². The van der Waals surface area contributed by atoms with E-state index in [-0.39, 0.29) is 5.60 Å². The molecule has 2 aliphatic rings. The molecule has 1 saturated carbocycles. The summed E-state index contributed by atoms with van der Waals surface area (Å²) in [4.78, 5) is 0. The van der Waals surface area contributed by atoms with Crippen molar-refractivity contribution in [2.75, 3.05) is 13.2 Å². The normalized spacial score (nSPS) is 24.1. The van der Waals surface area contributed by atoms with E-state index in [0.29, 0.717) is 13.2 Å². The van der Waals surface area contributed by atoms with Gasteiger partial charge in [0.2, 0.25) is 0 Å². The second-order valence-electron chi connectivity index (χ2n) is 5.24. The van der Waals surface area contributed by atoms with Crippen molar-refractivity contribution in [1.82, 2.24) is 5.16 Å². The average molecular weight is 261 g/mol. The maximum atomic E-state index is 5.93. The number of hydrogen-bond acceptors (Lipinski definition) is 4. The molecule has 0 spiro atoms. The number of aryl methyl sites for hydroxylation is 1. The number of hydrogen-bond donors (Lipinski definition) is 0. The molecule has 0 saturated heterocycles. The first kappa shape index (κ1) is 12.6. The van der Waals surface area contributed by atoms with Gasteiger partial charge in [-0.2, -0.15) is 0 Å². The third-order valence-electron chi connectivity index (χ3n) is 3.62. The van der Waals surface area contributed by atoms with Crippen LogP contribution in [0, 0.1) is 6.92 Å². The van der Waals surface area contributed by atoms with Crippen LogP contribution >= 0.6 is 0 Å².